The van der Waals surface area contributed by atoms with Crippen molar-refractivity contribution in [2.45, 2.75) is 26.2 Å². The third-order valence-electron chi connectivity index (χ3n) is 2.24. The molecule has 1 heterocycles. The maximum absolute atomic E-state index is 4.17. The number of nitrogens with one attached hydrogen (secondary N) is 2. The average Bonchev–Trinajstić information content (AvgIpc) is 2.76. The van der Waals surface area contributed by atoms with Gasteiger partial charge < -0.3 is 10.3 Å². The molecule has 3 nitrogen and oxygen atoms in total. The van der Waals surface area contributed by atoms with E-state index in [9.17, 15) is 0 Å². The van der Waals surface area contributed by atoms with Gasteiger partial charge in [0.25, 0.3) is 0 Å². The standard InChI is InChI=1S/C9H15N3/c1-7-6-11-9(12-7)10-5-4-8-2-3-8/h6,8H,2-5H2,1H3,(H2,10,11,12). The van der Waals surface area contributed by atoms with Crippen molar-refractivity contribution in [1.29, 1.82) is 0 Å². The molecule has 1 fully saturated rings. The van der Waals surface area contributed by atoms with Crippen LogP contribution in [-0.2, 0) is 0 Å². The van der Waals surface area contributed by atoms with Gasteiger partial charge in [-0.3, -0.25) is 0 Å². The third kappa shape index (κ3) is 2.00. The summed E-state index contributed by atoms with van der Waals surface area (Å²) in [5.41, 5.74) is 1.11. The summed E-state index contributed by atoms with van der Waals surface area (Å²) in [6.45, 7) is 3.07. The first-order valence-corrected chi connectivity index (χ1v) is 4.60. The molecule has 0 unspecified atom stereocenters. The zero-order valence-corrected chi connectivity index (χ0v) is 7.43. The normalized spacial score (nSPS) is 16.4. The molecular weight excluding hydrogens is 150 g/mol. The number of aryl methyl sites for hydroxylation is 1. The first kappa shape index (κ1) is 7.65. The number of rotatable bonds is 4. The van der Waals surface area contributed by atoms with Crippen molar-refractivity contribution < 1.29 is 0 Å². The Morgan fingerprint density at radius 1 is 1.67 bits per heavy atom. The minimum absolute atomic E-state index is 0.910. The van der Waals surface area contributed by atoms with E-state index in [-0.39, 0.29) is 0 Å². The minimum atomic E-state index is 0.910. The molecule has 12 heavy (non-hydrogen) atoms. The van der Waals surface area contributed by atoms with Gasteiger partial charge in [0.1, 0.15) is 0 Å². The molecule has 0 saturated heterocycles. The summed E-state index contributed by atoms with van der Waals surface area (Å²) in [6.07, 6.45) is 6.00. The molecule has 0 radical (unpaired) electrons. The van der Waals surface area contributed by atoms with Gasteiger partial charge in [0.2, 0.25) is 0 Å². The largest absolute Gasteiger partial charge is 0.356 e. The van der Waals surface area contributed by atoms with Gasteiger partial charge in [-0.2, -0.15) is 0 Å². The van der Waals surface area contributed by atoms with Gasteiger partial charge >= 0.3 is 0 Å². The molecule has 0 amide bonds. The third-order valence-corrected chi connectivity index (χ3v) is 2.24. The van der Waals surface area contributed by atoms with Crippen molar-refractivity contribution >= 4 is 5.95 Å². The molecule has 1 aliphatic carbocycles. The van der Waals surface area contributed by atoms with Gasteiger partial charge in [-0.25, -0.2) is 4.98 Å². The lowest BCUT2D eigenvalue weighted by atomic mass is 10.3. The van der Waals surface area contributed by atoms with Crippen molar-refractivity contribution in [3.8, 4) is 0 Å². The Morgan fingerprint density at radius 2 is 2.50 bits per heavy atom. The van der Waals surface area contributed by atoms with Gasteiger partial charge in [0.15, 0.2) is 5.95 Å². The molecule has 1 aromatic rings. The van der Waals surface area contributed by atoms with Crippen LogP contribution in [0.3, 0.4) is 0 Å². The van der Waals surface area contributed by atoms with Crippen LogP contribution in [0, 0.1) is 12.8 Å². The monoisotopic (exact) mass is 165 g/mol. The maximum Gasteiger partial charge on any atom is 0.200 e. The van der Waals surface area contributed by atoms with Gasteiger partial charge in [0, 0.05) is 18.4 Å². The number of hydrogen-bond donors (Lipinski definition) is 2. The van der Waals surface area contributed by atoms with E-state index in [1.807, 2.05) is 13.1 Å². The Labute approximate surface area is 72.6 Å². The summed E-state index contributed by atoms with van der Waals surface area (Å²) < 4.78 is 0. The van der Waals surface area contributed by atoms with E-state index in [0.717, 1.165) is 24.1 Å². The topological polar surface area (TPSA) is 40.7 Å². The van der Waals surface area contributed by atoms with E-state index in [1.54, 1.807) is 0 Å². The van der Waals surface area contributed by atoms with Crippen molar-refractivity contribution in [3.05, 3.63) is 11.9 Å². The van der Waals surface area contributed by atoms with Crippen LogP contribution in [0.25, 0.3) is 0 Å². The van der Waals surface area contributed by atoms with Crippen LogP contribution < -0.4 is 5.32 Å². The Kier molecular flexibility index (Phi) is 2.02. The maximum atomic E-state index is 4.17. The molecule has 0 bridgehead atoms. The highest BCUT2D eigenvalue weighted by Crippen LogP contribution is 2.31. The van der Waals surface area contributed by atoms with Crippen LogP contribution in [0.15, 0.2) is 6.20 Å². The molecule has 3 heteroatoms. The molecule has 2 N–H and O–H groups in total. The van der Waals surface area contributed by atoms with Crippen molar-refractivity contribution in [3.63, 3.8) is 0 Å². The highest BCUT2D eigenvalue weighted by atomic mass is 15.1. The summed E-state index contributed by atoms with van der Waals surface area (Å²) in [6, 6.07) is 0. The number of hydrogen-bond acceptors (Lipinski definition) is 2. The second kappa shape index (κ2) is 3.17. The van der Waals surface area contributed by atoms with E-state index in [1.165, 1.54) is 19.3 Å². The van der Waals surface area contributed by atoms with E-state index in [4.69, 9.17) is 0 Å². The van der Waals surface area contributed by atoms with Crippen LogP contribution in [0.1, 0.15) is 25.0 Å². The van der Waals surface area contributed by atoms with Crippen molar-refractivity contribution in [1.82, 2.24) is 9.97 Å². The van der Waals surface area contributed by atoms with Crippen LogP contribution in [0.2, 0.25) is 0 Å². The lowest BCUT2D eigenvalue weighted by molar-refractivity contribution is 0.756. The van der Waals surface area contributed by atoms with Crippen molar-refractivity contribution in [2.75, 3.05) is 11.9 Å². The SMILES string of the molecule is Cc1cnc(NCCC2CC2)[nH]1. The van der Waals surface area contributed by atoms with E-state index < -0.39 is 0 Å². The summed E-state index contributed by atoms with van der Waals surface area (Å²) in [5, 5.41) is 3.27. The Bertz CT molecular complexity index is 250. The molecular formula is C9H15N3. The second-order valence-corrected chi connectivity index (χ2v) is 3.57. The number of anilines is 1. The molecule has 66 valence electrons. The summed E-state index contributed by atoms with van der Waals surface area (Å²) >= 11 is 0. The zero-order valence-electron chi connectivity index (χ0n) is 7.43. The fourth-order valence-electron chi connectivity index (χ4n) is 1.30. The summed E-state index contributed by atoms with van der Waals surface area (Å²) in [4.78, 5) is 7.31. The van der Waals surface area contributed by atoms with Gasteiger partial charge in [-0.15, -0.1) is 0 Å². The second-order valence-electron chi connectivity index (χ2n) is 3.57. The molecule has 1 aliphatic rings. The quantitative estimate of drug-likeness (QED) is 0.715. The predicted octanol–water partition coefficient (Wildman–Crippen LogP) is 1.93. The number of nitrogens with zero attached hydrogens (tertiary/aromatic N) is 1. The first-order valence-electron chi connectivity index (χ1n) is 4.60. The predicted molar refractivity (Wildman–Crippen MR) is 49.2 cm³/mol. The average molecular weight is 165 g/mol. The molecule has 0 aliphatic heterocycles. The highest BCUT2D eigenvalue weighted by Gasteiger charge is 2.20. The molecule has 2 rings (SSSR count). The Hall–Kier alpha value is -0.990. The van der Waals surface area contributed by atoms with E-state index in [2.05, 4.69) is 15.3 Å². The van der Waals surface area contributed by atoms with Gasteiger partial charge in [-0.05, 0) is 19.3 Å². The lowest BCUT2D eigenvalue weighted by Crippen LogP contribution is -2.03. The molecule has 0 spiro atoms. The first-order chi connectivity index (χ1) is 5.84. The smallest absolute Gasteiger partial charge is 0.200 e. The lowest BCUT2D eigenvalue weighted by Gasteiger charge is -2.00. The van der Waals surface area contributed by atoms with Gasteiger partial charge in [0.05, 0.1) is 0 Å². The summed E-state index contributed by atoms with van der Waals surface area (Å²) in [7, 11) is 0. The molecule has 1 saturated carbocycles. The molecule has 0 aromatic carbocycles. The van der Waals surface area contributed by atoms with Crippen LogP contribution >= 0.6 is 0 Å². The Balaban J connectivity index is 1.71. The van der Waals surface area contributed by atoms with E-state index in [0.29, 0.717) is 0 Å². The van der Waals surface area contributed by atoms with Gasteiger partial charge in [-0.1, -0.05) is 12.8 Å². The van der Waals surface area contributed by atoms with Crippen LogP contribution in [-0.4, -0.2) is 16.5 Å². The van der Waals surface area contributed by atoms with E-state index >= 15 is 0 Å². The molecule has 0 atom stereocenters. The highest BCUT2D eigenvalue weighted by molar-refractivity contribution is 5.25. The fourth-order valence-corrected chi connectivity index (χ4v) is 1.30. The molecule has 1 aromatic heterocycles. The van der Waals surface area contributed by atoms with Crippen LogP contribution in [0.5, 0.6) is 0 Å². The minimum Gasteiger partial charge on any atom is -0.356 e. The number of aromatic nitrogens is 2. The van der Waals surface area contributed by atoms with Crippen LogP contribution in [0.4, 0.5) is 5.95 Å². The summed E-state index contributed by atoms with van der Waals surface area (Å²) in [5.74, 6) is 1.90. The zero-order chi connectivity index (χ0) is 8.39. The number of imidazole rings is 1. The fraction of sp³-hybridized carbons (Fsp3) is 0.667. The number of H-pyrrole nitrogens is 1. The number of aromatic amines is 1. The van der Waals surface area contributed by atoms with Crippen molar-refractivity contribution in [2.24, 2.45) is 5.92 Å². The Morgan fingerprint density at radius 3 is 3.08 bits per heavy atom.